The summed E-state index contributed by atoms with van der Waals surface area (Å²) in [5.74, 6) is 0.573. The topological polar surface area (TPSA) is 58.0 Å². The summed E-state index contributed by atoms with van der Waals surface area (Å²) in [5.41, 5.74) is 2.44. The predicted octanol–water partition coefficient (Wildman–Crippen LogP) is 2.84. The first-order valence-electron chi connectivity index (χ1n) is 5.18. The SMILES string of the molecule is CCC(=N)/C=C(/C)Nc1ccnc(OC)c1. The van der Waals surface area contributed by atoms with Gasteiger partial charge in [-0.2, -0.15) is 0 Å². The fourth-order valence-corrected chi connectivity index (χ4v) is 1.23. The van der Waals surface area contributed by atoms with Crippen LogP contribution >= 0.6 is 0 Å². The molecule has 0 aliphatic heterocycles. The van der Waals surface area contributed by atoms with Gasteiger partial charge in [-0.05, 0) is 25.5 Å². The van der Waals surface area contributed by atoms with Crippen LogP contribution in [-0.4, -0.2) is 17.8 Å². The van der Waals surface area contributed by atoms with Gasteiger partial charge < -0.3 is 15.5 Å². The van der Waals surface area contributed by atoms with Crippen LogP contribution in [-0.2, 0) is 0 Å². The lowest BCUT2D eigenvalue weighted by Crippen LogP contribution is -2.00. The first-order chi connectivity index (χ1) is 7.65. The van der Waals surface area contributed by atoms with E-state index in [1.807, 2.05) is 32.1 Å². The molecule has 0 aromatic carbocycles. The first kappa shape index (κ1) is 12.2. The Morgan fingerprint density at radius 2 is 2.38 bits per heavy atom. The molecule has 0 radical (unpaired) electrons. The number of hydrogen-bond donors (Lipinski definition) is 2. The second kappa shape index (κ2) is 5.90. The Kier molecular flexibility index (Phi) is 4.51. The van der Waals surface area contributed by atoms with Gasteiger partial charge in [-0.1, -0.05) is 6.92 Å². The third kappa shape index (κ3) is 3.73. The molecule has 1 heterocycles. The Hall–Kier alpha value is -1.84. The molecule has 0 amide bonds. The van der Waals surface area contributed by atoms with Gasteiger partial charge >= 0.3 is 0 Å². The van der Waals surface area contributed by atoms with Crippen molar-refractivity contribution in [3.05, 3.63) is 30.1 Å². The van der Waals surface area contributed by atoms with Crippen molar-refractivity contribution in [2.24, 2.45) is 0 Å². The molecular weight excluding hydrogens is 202 g/mol. The fourth-order valence-electron chi connectivity index (χ4n) is 1.23. The van der Waals surface area contributed by atoms with Crippen molar-refractivity contribution >= 4 is 11.4 Å². The highest BCUT2D eigenvalue weighted by molar-refractivity contribution is 5.92. The number of allylic oxidation sites excluding steroid dienone is 2. The van der Waals surface area contributed by atoms with E-state index in [2.05, 4.69) is 10.3 Å². The number of ether oxygens (including phenoxy) is 1. The Balaban J connectivity index is 2.72. The van der Waals surface area contributed by atoms with E-state index >= 15 is 0 Å². The van der Waals surface area contributed by atoms with Gasteiger partial charge in [0.15, 0.2) is 0 Å². The smallest absolute Gasteiger partial charge is 0.214 e. The number of aromatic nitrogens is 1. The molecule has 86 valence electrons. The predicted molar refractivity (Wildman–Crippen MR) is 66.2 cm³/mol. The highest BCUT2D eigenvalue weighted by Gasteiger charge is 1.97. The average molecular weight is 219 g/mol. The lowest BCUT2D eigenvalue weighted by molar-refractivity contribution is 0.398. The van der Waals surface area contributed by atoms with Crippen molar-refractivity contribution in [3.63, 3.8) is 0 Å². The molecule has 0 saturated carbocycles. The molecule has 0 aliphatic carbocycles. The van der Waals surface area contributed by atoms with Crippen LogP contribution in [0.4, 0.5) is 5.69 Å². The third-order valence-corrected chi connectivity index (χ3v) is 2.06. The molecule has 0 spiro atoms. The quantitative estimate of drug-likeness (QED) is 0.749. The van der Waals surface area contributed by atoms with Gasteiger partial charge in [0.1, 0.15) is 0 Å². The minimum atomic E-state index is 0.573. The number of nitrogens with zero attached hydrogens (tertiary/aromatic N) is 1. The number of nitrogens with one attached hydrogen (secondary N) is 2. The Bertz CT molecular complexity index is 399. The van der Waals surface area contributed by atoms with E-state index in [1.54, 1.807) is 13.3 Å². The van der Waals surface area contributed by atoms with Crippen molar-refractivity contribution in [1.82, 2.24) is 4.98 Å². The Labute approximate surface area is 95.9 Å². The van der Waals surface area contributed by atoms with E-state index in [-0.39, 0.29) is 0 Å². The van der Waals surface area contributed by atoms with Crippen LogP contribution in [0.15, 0.2) is 30.1 Å². The van der Waals surface area contributed by atoms with Gasteiger partial charge in [0, 0.05) is 29.4 Å². The van der Waals surface area contributed by atoms with Gasteiger partial charge in [0.25, 0.3) is 0 Å². The van der Waals surface area contributed by atoms with Crippen LogP contribution in [0.3, 0.4) is 0 Å². The molecule has 0 fully saturated rings. The molecule has 0 aliphatic rings. The van der Waals surface area contributed by atoms with Gasteiger partial charge in [-0.3, -0.25) is 0 Å². The molecule has 0 saturated heterocycles. The monoisotopic (exact) mass is 219 g/mol. The number of pyridine rings is 1. The molecule has 1 rings (SSSR count). The standard InChI is InChI=1S/C12H17N3O/c1-4-10(13)7-9(2)15-11-5-6-14-12(8-11)16-3/h5-8,13H,4H2,1-3H3,(H,14,15)/b9-7-,13-10?. The molecule has 16 heavy (non-hydrogen) atoms. The summed E-state index contributed by atoms with van der Waals surface area (Å²) in [6, 6.07) is 3.67. The molecule has 1 aromatic heterocycles. The summed E-state index contributed by atoms with van der Waals surface area (Å²) >= 11 is 0. The molecule has 2 N–H and O–H groups in total. The highest BCUT2D eigenvalue weighted by Crippen LogP contribution is 2.15. The molecule has 0 atom stereocenters. The number of anilines is 1. The van der Waals surface area contributed by atoms with Gasteiger partial charge in [0.2, 0.25) is 5.88 Å². The minimum Gasteiger partial charge on any atom is -0.481 e. The van der Waals surface area contributed by atoms with Crippen LogP contribution in [0.2, 0.25) is 0 Å². The molecule has 1 aromatic rings. The van der Waals surface area contributed by atoms with E-state index in [0.29, 0.717) is 11.6 Å². The zero-order valence-electron chi connectivity index (χ0n) is 9.87. The van der Waals surface area contributed by atoms with E-state index in [1.165, 1.54) is 0 Å². The first-order valence-corrected chi connectivity index (χ1v) is 5.18. The summed E-state index contributed by atoms with van der Waals surface area (Å²) in [7, 11) is 1.58. The van der Waals surface area contributed by atoms with E-state index < -0.39 is 0 Å². The molecular formula is C12H17N3O. The lowest BCUT2D eigenvalue weighted by atomic mass is 10.2. The summed E-state index contributed by atoms with van der Waals surface area (Å²) in [6.07, 6.45) is 4.23. The second-order valence-corrected chi connectivity index (χ2v) is 3.42. The molecule has 0 unspecified atom stereocenters. The van der Waals surface area contributed by atoms with E-state index in [4.69, 9.17) is 10.1 Å². The number of rotatable bonds is 5. The van der Waals surface area contributed by atoms with Crippen LogP contribution in [0.1, 0.15) is 20.3 Å². The zero-order chi connectivity index (χ0) is 12.0. The number of methoxy groups -OCH3 is 1. The third-order valence-electron chi connectivity index (χ3n) is 2.06. The Morgan fingerprint density at radius 3 is 3.00 bits per heavy atom. The summed E-state index contributed by atoms with van der Waals surface area (Å²) in [4.78, 5) is 4.02. The normalized spacial score (nSPS) is 11.1. The van der Waals surface area contributed by atoms with Crippen molar-refractivity contribution in [2.75, 3.05) is 12.4 Å². The lowest BCUT2D eigenvalue weighted by Gasteiger charge is -2.07. The summed E-state index contributed by atoms with van der Waals surface area (Å²) < 4.78 is 5.03. The zero-order valence-corrected chi connectivity index (χ0v) is 9.87. The second-order valence-electron chi connectivity index (χ2n) is 3.42. The molecule has 4 nitrogen and oxygen atoms in total. The largest absolute Gasteiger partial charge is 0.481 e. The van der Waals surface area contributed by atoms with E-state index in [9.17, 15) is 0 Å². The average Bonchev–Trinajstić information content (AvgIpc) is 2.28. The van der Waals surface area contributed by atoms with Crippen molar-refractivity contribution in [2.45, 2.75) is 20.3 Å². The van der Waals surface area contributed by atoms with Crippen LogP contribution in [0.25, 0.3) is 0 Å². The molecule has 0 bridgehead atoms. The fraction of sp³-hybridized carbons (Fsp3) is 0.333. The molecule has 4 heteroatoms. The summed E-state index contributed by atoms with van der Waals surface area (Å²) in [6.45, 7) is 3.89. The van der Waals surface area contributed by atoms with Gasteiger partial charge in [-0.25, -0.2) is 4.98 Å². The highest BCUT2D eigenvalue weighted by atomic mass is 16.5. The van der Waals surface area contributed by atoms with Crippen LogP contribution < -0.4 is 10.1 Å². The van der Waals surface area contributed by atoms with Crippen LogP contribution in [0.5, 0.6) is 5.88 Å². The minimum absolute atomic E-state index is 0.573. The maximum Gasteiger partial charge on any atom is 0.214 e. The summed E-state index contributed by atoms with van der Waals surface area (Å²) in [5, 5.41) is 10.7. The maximum atomic E-state index is 7.56. The maximum absolute atomic E-state index is 7.56. The van der Waals surface area contributed by atoms with Crippen molar-refractivity contribution in [1.29, 1.82) is 5.41 Å². The van der Waals surface area contributed by atoms with E-state index in [0.717, 1.165) is 17.8 Å². The van der Waals surface area contributed by atoms with Crippen molar-refractivity contribution in [3.8, 4) is 5.88 Å². The number of hydrogen-bond acceptors (Lipinski definition) is 4. The van der Waals surface area contributed by atoms with Gasteiger partial charge in [0.05, 0.1) is 7.11 Å². The van der Waals surface area contributed by atoms with Crippen molar-refractivity contribution < 1.29 is 4.74 Å². The van der Waals surface area contributed by atoms with Crippen LogP contribution in [0, 0.1) is 5.41 Å². The Morgan fingerprint density at radius 1 is 1.62 bits per heavy atom. The van der Waals surface area contributed by atoms with Gasteiger partial charge in [-0.15, -0.1) is 0 Å².